The summed E-state index contributed by atoms with van der Waals surface area (Å²) in [7, 11) is 0. The highest BCUT2D eigenvalue weighted by Gasteiger charge is 2.33. The zero-order valence-electron chi connectivity index (χ0n) is 14.4. The molecule has 10 heteroatoms. The maximum absolute atomic E-state index is 13.0. The van der Waals surface area contributed by atoms with Crippen molar-refractivity contribution < 1.29 is 17.6 Å². The minimum atomic E-state index is -4.51. The predicted octanol–water partition coefficient (Wildman–Crippen LogP) is 5.21. The standard InChI is InChI=1S/C18H13ClF3N5O/c1-9-4-10-5-16(17-24-26-27-25-17)28-15(10)6-11(9)8-23-12-2-3-14(19)13(7-12)18(20,21)22/h2-7,23H,8H2,1H3,(H,24,25,26,27). The van der Waals surface area contributed by atoms with E-state index >= 15 is 0 Å². The lowest BCUT2D eigenvalue weighted by Crippen LogP contribution is -2.08. The van der Waals surface area contributed by atoms with E-state index in [0.717, 1.165) is 22.6 Å². The maximum Gasteiger partial charge on any atom is 0.417 e. The van der Waals surface area contributed by atoms with Gasteiger partial charge in [-0.2, -0.15) is 18.4 Å². The molecule has 0 atom stereocenters. The third kappa shape index (κ3) is 3.53. The van der Waals surface area contributed by atoms with Gasteiger partial charge in [-0.05, 0) is 59.7 Å². The number of furan rings is 1. The van der Waals surface area contributed by atoms with E-state index in [4.69, 9.17) is 16.0 Å². The first kappa shape index (κ1) is 18.3. The fraction of sp³-hybridized carbons (Fsp3) is 0.167. The van der Waals surface area contributed by atoms with Crippen molar-refractivity contribution in [1.82, 2.24) is 20.6 Å². The summed E-state index contributed by atoms with van der Waals surface area (Å²) in [6.07, 6.45) is -4.51. The van der Waals surface area contributed by atoms with Crippen molar-refractivity contribution in [2.45, 2.75) is 19.6 Å². The molecule has 0 radical (unpaired) electrons. The topological polar surface area (TPSA) is 79.6 Å². The van der Waals surface area contributed by atoms with Crippen molar-refractivity contribution in [1.29, 1.82) is 0 Å². The molecular formula is C18H13ClF3N5O. The van der Waals surface area contributed by atoms with E-state index < -0.39 is 11.7 Å². The van der Waals surface area contributed by atoms with Crippen molar-refractivity contribution in [2.75, 3.05) is 5.32 Å². The highest BCUT2D eigenvalue weighted by Crippen LogP contribution is 2.36. The van der Waals surface area contributed by atoms with Crippen molar-refractivity contribution in [3.8, 4) is 11.6 Å². The second kappa shape index (κ2) is 6.83. The van der Waals surface area contributed by atoms with Crippen LogP contribution < -0.4 is 5.32 Å². The zero-order chi connectivity index (χ0) is 19.9. The number of aryl methyl sites for hydroxylation is 1. The molecule has 0 unspecified atom stereocenters. The molecule has 6 nitrogen and oxygen atoms in total. The molecule has 0 amide bonds. The van der Waals surface area contributed by atoms with E-state index in [2.05, 4.69) is 25.9 Å². The van der Waals surface area contributed by atoms with Gasteiger partial charge in [0, 0.05) is 17.6 Å². The van der Waals surface area contributed by atoms with Gasteiger partial charge in [0.2, 0.25) is 5.82 Å². The van der Waals surface area contributed by atoms with E-state index in [0.29, 0.717) is 29.4 Å². The number of aromatic nitrogens is 4. The Hall–Kier alpha value is -3.07. The summed E-state index contributed by atoms with van der Waals surface area (Å²) >= 11 is 5.66. The van der Waals surface area contributed by atoms with Crippen LogP contribution in [-0.4, -0.2) is 20.6 Å². The number of tetrazole rings is 1. The van der Waals surface area contributed by atoms with E-state index in [9.17, 15) is 13.2 Å². The Morgan fingerprint density at radius 1 is 1.18 bits per heavy atom. The normalized spacial score (nSPS) is 11.9. The molecule has 28 heavy (non-hydrogen) atoms. The van der Waals surface area contributed by atoms with Crippen LogP contribution in [0.5, 0.6) is 0 Å². The van der Waals surface area contributed by atoms with Crippen LogP contribution in [0.2, 0.25) is 5.02 Å². The largest absolute Gasteiger partial charge is 0.453 e. The van der Waals surface area contributed by atoms with Gasteiger partial charge in [-0.3, -0.25) is 0 Å². The van der Waals surface area contributed by atoms with Crippen LogP contribution in [0.15, 0.2) is 40.8 Å². The minimum Gasteiger partial charge on any atom is -0.453 e. The summed E-state index contributed by atoms with van der Waals surface area (Å²) in [5, 5.41) is 17.2. The predicted molar refractivity (Wildman–Crippen MR) is 97.9 cm³/mol. The van der Waals surface area contributed by atoms with Crippen LogP contribution in [0.25, 0.3) is 22.6 Å². The van der Waals surface area contributed by atoms with Gasteiger partial charge in [0.15, 0.2) is 5.76 Å². The molecule has 4 aromatic rings. The Kier molecular flexibility index (Phi) is 4.46. The van der Waals surface area contributed by atoms with E-state index in [1.807, 2.05) is 19.1 Å². The summed E-state index contributed by atoms with van der Waals surface area (Å²) in [6.45, 7) is 2.24. The fourth-order valence-electron chi connectivity index (χ4n) is 2.86. The van der Waals surface area contributed by atoms with Crippen LogP contribution in [-0.2, 0) is 12.7 Å². The zero-order valence-corrected chi connectivity index (χ0v) is 15.2. The molecule has 0 bridgehead atoms. The van der Waals surface area contributed by atoms with Crippen LogP contribution in [0.1, 0.15) is 16.7 Å². The van der Waals surface area contributed by atoms with Gasteiger partial charge in [0.1, 0.15) is 5.58 Å². The average Bonchev–Trinajstić information content (AvgIpc) is 3.29. The van der Waals surface area contributed by atoms with Crippen molar-refractivity contribution in [2.24, 2.45) is 0 Å². The van der Waals surface area contributed by atoms with Gasteiger partial charge in [-0.1, -0.05) is 11.6 Å². The number of anilines is 1. The number of nitrogens with zero attached hydrogens (tertiary/aromatic N) is 3. The van der Waals surface area contributed by atoms with Crippen LogP contribution in [0.3, 0.4) is 0 Å². The molecule has 2 heterocycles. The van der Waals surface area contributed by atoms with Gasteiger partial charge >= 0.3 is 6.18 Å². The van der Waals surface area contributed by atoms with Gasteiger partial charge in [0.05, 0.1) is 10.6 Å². The van der Waals surface area contributed by atoms with Crippen LogP contribution in [0.4, 0.5) is 18.9 Å². The molecule has 0 spiro atoms. The van der Waals surface area contributed by atoms with Crippen LogP contribution >= 0.6 is 11.6 Å². The summed E-state index contributed by atoms with van der Waals surface area (Å²) in [6, 6.07) is 9.31. The SMILES string of the molecule is Cc1cc2cc(-c3nn[nH]n3)oc2cc1CNc1ccc(Cl)c(C(F)(F)F)c1. The smallest absolute Gasteiger partial charge is 0.417 e. The monoisotopic (exact) mass is 407 g/mol. The van der Waals surface area contributed by atoms with Crippen molar-refractivity contribution in [3.63, 3.8) is 0 Å². The second-order valence-electron chi connectivity index (χ2n) is 6.21. The van der Waals surface area contributed by atoms with Crippen molar-refractivity contribution in [3.05, 3.63) is 58.1 Å². The third-order valence-corrected chi connectivity index (χ3v) is 4.62. The number of halogens is 4. The number of alkyl halides is 3. The molecule has 2 N–H and O–H groups in total. The number of rotatable bonds is 4. The molecule has 0 aliphatic heterocycles. The highest BCUT2D eigenvalue weighted by molar-refractivity contribution is 6.31. The Morgan fingerprint density at radius 2 is 2.00 bits per heavy atom. The summed E-state index contributed by atoms with van der Waals surface area (Å²) in [4.78, 5) is 0. The number of hydrogen-bond donors (Lipinski definition) is 2. The quantitative estimate of drug-likeness (QED) is 0.485. The average molecular weight is 408 g/mol. The Labute approximate surface area is 161 Å². The summed E-state index contributed by atoms with van der Waals surface area (Å²) in [5.41, 5.74) is 1.91. The van der Waals surface area contributed by atoms with Crippen LogP contribution in [0, 0.1) is 6.92 Å². The molecule has 0 aliphatic rings. The first-order chi connectivity index (χ1) is 13.3. The minimum absolute atomic E-state index is 0.318. The van der Waals surface area contributed by atoms with Crippen molar-refractivity contribution >= 4 is 28.3 Å². The van der Waals surface area contributed by atoms with E-state index in [1.165, 1.54) is 12.1 Å². The molecule has 4 rings (SSSR count). The molecule has 0 saturated heterocycles. The number of aromatic amines is 1. The van der Waals surface area contributed by atoms with Gasteiger partial charge in [-0.25, -0.2) is 0 Å². The third-order valence-electron chi connectivity index (χ3n) is 4.30. The molecule has 2 aromatic carbocycles. The highest BCUT2D eigenvalue weighted by atomic mass is 35.5. The Balaban J connectivity index is 1.59. The number of hydrogen-bond acceptors (Lipinski definition) is 5. The number of nitrogens with one attached hydrogen (secondary N) is 2. The van der Waals surface area contributed by atoms with Gasteiger partial charge in [-0.15, -0.1) is 10.2 Å². The van der Waals surface area contributed by atoms with E-state index in [1.54, 1.807) is 6.07 Å². The molecule has 0 aliphatic carbocycles. The fourth-order valence-corrected chi connectivity index (χ4v) is 3.08. The Bertz CT molecular complexity index is 1140. The Morgan fingerprint density at radius 3 is 2.71 bits per heavy atom. The molecule has 0 saturated carbocycles. The lowest BCUT2D eigenvalue weighted by Gasteiger charge is -2.13. The molecule has 0 fully saturated rings. The lowest BCUT2D eigenvalue weighted by molar-refractivity contribution is -0.137. The van der Waals surface area contributed by atoms with Gasteiger partial charge in [0.25, 0.3) is 0 Å². The number of H-pyrrole nitrogens is 1. The summed E-state index contributed by atoms with van der Waals surface area (Å²) in [5.74, 6) is 0.815. The lowest BCUT2D eigenvalue weighted by atomic mass is 10.1. The molecule has 144 valence electrons. The first-order valence-electron chi connectivity index (χ1n) is 8.19. The maximum atomic E-state index is 13.0. The number of benzene rings is 2. The van der Waals surface area contributed by atoms with E-state index in [-0.39, 0.29) is 5.02 Å². The molecular weight excluding hydrogens is 395 g/mol. The number of fused-ring (bicyclic) bond motifs is 1. The second-order valence-corrected chi connectivity index (χ2v) is 6.62. The van der Waals surface area contributed by atoms with Gasteiger partial charge < -0.3 is 9.73 Å². The first-order valence-corrected chi connectivity index (χ1v) is 8.56. The summed E-state index contributed by atoms with van der Waals surface area (Å²) < 4.78 is 44.8. The molecule has 2 aromatic heterocycles.